The van der Waals surface area contributed by atoms with E-state index in [1.807, 2.05) is 43.5 Å². The number of anilines is 1. The molecule has 3 aromatic rings. The van der Waals surface area contributed by atoms with Crippen LogP contribution in [0.15, 0.2) is 58.3 Å². The van der Waals surface area contributed by atoms with E-state index in [0.717, 1.165) is 15.1 Å². The van der Waals surface area contributed by atoms with Crippen molar-refractivity contribution in [2.75, 3.05) is 44.1 Å². The van der Waals surface area contributed by atoms with E-state index in [4.69, 9.17) is 0 Å². The molecule has 0 bridgehead atoms. The van der Waals surface area contributed by atoms with Gasteiger partial charge in [0.15, 0.2) is 15.0 Å². The molecule has 1 aromatic heterocycles. The molecule has 0 aliphatic rings. The summed E-state index contributed by atoms with van der Waals surface area (Å²) in [6, 6.07) is 14.0. The second kappa shape index (κ2) is 9.25. The fourth-order valence-electron chi connectivity index (χ4n) is 2.71. The van der Waals surface area contributed by atoms with Crippen molar-refractivity contribution < 1.29 is 13.2 Å². The maximum atomic E-state index is 13.0. The van der Waals surface area contributed by atoms with Gasteiger partial charge in [0.1, 0.15) is 5.75 Å². The number of thiazole rings is 1. The Balaban J connectivity index is 1.91. The zero-order valence-electron chi connectivity index (χ0n) is 16.5. The fourth-order valence-corrected chi connectivity index (χ4v) is 5.50. The minimum absolute atomic E-state index is 0.148. The molecule has 9 heteroatoms. The lowest BCUT2D eigenvalue weighted by Gasteiger charge is -2.22. The maximum Gasteiger partial charge on any atom is 0.244 e. The molecule has 1 amide bonds. The number of amides is 1. The Bertz CT molecular complexity index is 1100. The fraction of sp³-hybridized carbons (Fsp3) is 0.300. The number of carbonyl (C=O) groups is 1. The van der Waals surface area contributed by atoms with Gasteiger partial charge in [-0.1, -0.05) is 29.5 Å². The Labute approximate surface area is 179 Å². The van der Waals surface area contributed by atoms with E-state index in [1.165, 1.54) is 28.4 Å². The molecule has 1 heterocycles. The van der Waals surface area contributed by atoms with E-state index < -0.39 is 21.5 Å². The summed E-state index contributed by atoms with van der Waals surface area (Å²) in [6.45, 7) is 0.967. The highest BCUT2D eigenvalue weighted by molar-refractivity contribution is 7.98. The molecule has 29 heavy (non-hydrogen) atoms. The molecule has 0 atom stereocenters. The van der Waals surface area contributed by atoms with Gasteiger partial charge in [0.25, 0.3) is 0 Å². The first-order chi connectivity index (χ1) is 13.8. The zero-order chi connectivity index (χ0) is 21.0. The second-order valence-electron chi connectivity index (χ2n) is 6.75. The number of carbonyl (C=O) groups excluding carboxylic acids is 1. The van der Waals surface area contributed by atoms with Gasteiger partial charge in [0.05, 0.1) is 15.1 Å². The lowest BCUT2D eigenvalue weighted by Crippen LogP contribution is -2.40. The van der Waals surface area contributed by atoms with Crippen LogP contribution in [0, 0.1) is 0 Å². The van der Waals surface area contributed by atoms with E-state index >= 15 is 0 Å². The van der Waals surface area contributed by atoms with Gasteiger partial charge in [0, 0.05) is 18.0 Å². The molecule has 0 fully saturated rings. The van der Waals surface area contributed by atoms with Crippen LogP contribution in [-0.4, -0.2) is 63.4 Å². The van der Waals surface area contributed by atoms with Crippen molar-refractivity contribution >= 4 is 54.2 Å². The third-order valence-corrected chi connectivity index (χ3v) is 7.69. The molecule has 0 aliphatic heterocycles. The highest BCUT2D eigenvalue weighted by Gasteiger charge is 2.26. The molecule has 0 aliphatic carbocycles. The number of nitrogens with zero attached hydrogens (tertiary/aromatic N) is 3. The molecule has 0 unspecified atom stereocenters. The normalized spacial score (nSPS) is 11.9. The number of fused-ring (bicyclic) bond motifs is 1. The van der Waals surface area contributed by atoms with Crippen LogP contribution < -0.4 is 4.90 Å². The monoisotopic (exact) mass is 449 g/mol. The van der Waals surface area contributed by atoms with Crippen molar-refractivity contribution in [3.05, 3.63) is 48.5 Å². The molecule has 154 valence electrons. The van der Waals surface area contributed by atoms with E-state index in [-0.39, 0.29) is 4.90 Å². The predicted molar refractivity (Wildman–Crippen MR) is 121 cm³/mol. The highest BCUT2D eigenvalue weighted by Crippen LogP contribution is 2.32. The van der Waals surface area contributed by atoms with Crippen molar-refractivity contribution in [2.24, 2.45) is 0 Å². The lowest BCUT2D eigenvalue weighted by atomic mass is 10.3. The third-order valence-electron chi connectivity index (χ3n) is 4.30. The summed E-state index contributed by atoms with van der Waals surface area (Å²) in [6.07, 6.45) is 2.00. The number of likely N-dealkylation sites (N-methyl/N-ethyl adjacent to an activating group) is 1. The number of sulfone groups is 1. The quantitative estimate of drug-likeness (QED) is 0.491. The van der Waals surface area contributed by atoms with Gasteiger partial charge < -0.3 is 4.90 Å². The number of hydrogen-bond donors (Lipinski definition) is 0. The molecule has 0 radical (unpaired) electrons. The van der Waals surface area contributed by atoms with Gasteiger partial charge in [-0.15, -0.1) is 11.8 Å². The Morgan fingerprint density at radius 1 is 1.10 bits per heavy atom. The van der Waals surface area contributed by atoms with Gasteiger partial charge in [0.2, 0.25) is 5.91 Å². The minimum atomic E-state index is -3.72. The van der Waals surface area contributed by atoms with Crippen molar-refractivity contribution in [3.63, 3.8) is 0 Å². The molecular weight excluding hydrogens is 426 g/mol. The average Bonchev–Trinajstić information content (AvgIpc) is 3.10. The van der Waals surface area contributed by atoms with Crippen LogP contribution in [0.5, 0.6) is 0 Å². The zero-order valence-corrected chi connectivity index (χ0v) is 19.0. The molecule has 3 rings (SSSR count). The maximum absolute atomic E-state index is 13.0. The smallest absolute Gasteiger partial charge is 0.244 e. The largest absolute Gasteiger partial charge is 0.308 e. The van der Waals surface area contributed by atoms with Crippen LogP contribution in [0.3, 0.4) is 0 Å². The summed E-state index contributed by atoms with van der Waals surface area (Å²) in [5.41, 5.74) is 0.802. The summed E-state index contributed by atoms with van der Waals surface area (Å²) in [5, 5.41) is 0.522. The Hall–Kier alpha value is -1.94. The van der Waals surface area contributed by atoms with E-state index in [0.29, 0.717) is 18.2 Å². The van der Waals surface area contributed by atoms with Crippen molar-refractivity contribution in [2.45, 2.75) is 9.79 Å². The molecule has 0 saturated heterocycles. The highest BCUT2D eigenvalue weighted by atomic mass is 32.2. The lowest BCUT2D eigenvalue weighted by molar-refractivity contribution is -0.116. The number of rotatable bonds is 8. The van der Waals surface area contributed by atoms with Crippen LogP contribution in [0.1, 0.15) is 0 Å². The summed E-state index contributed by atoms with van der Waals surface area (Å²) in [4.78, 5) is 22.3. The van der Waals surface area contributed by atoms with Gasteiger partial charge in [-0.3, -0.25) is 9.69 Å². The molecule has 2 aromatic carbocycles. The average molecular weight is 450 g/mol. The van der Waals surface area contributed by atoms with E-state index in [2.05, 4.69) is 4.98 Å². The minimum Gasteiger partial charge on any atom is -0.308 e. The summed E-state index contributed by atoms with van der Waals surface area (Å²) < 4.78 is 26.4. The molecular formula is C20H23N3O3S3. The van der Waals surface area contributed by atoms with Crippen molar-refractivity contribution in [3.8, 4) is 0 Å². The van der Waals surface area contributed by atoms with E-state index in [9.17, 15) is 13.2 Å². The van der Waals surface area contributed by atoms with Crippen molar-refractivity contribution in [1.29, 1.82) is 0 Å². The topological polar surface area (TPSA) is 70.6 Å². The van der Waals surface area contributed by atoms with Crippen LogP contribution in [0.4, 0.5) is 5.13 Å². The molecule has 6 nitrogen and oxygen atoms in total. The van der Waals surface area contributed by atoms with Crippen LogP contribution in [0.25, 0.3) is 10.2 Å². The van der Waals surface area contributed by atoms with Crippen LogP contribution >= 0.6 is 23.1 Å². The van der Waals surface area contributed by atoms with Gasteiger partial charge in [-0.2, -0.15) is 0 Å². The number of thioether (sulfide) groups is 1. The second-order valence-corrected chi connectivity index (χ2v) is 10.6. The molecule has 0 spiro atoms. The Morgan fingerprint density at radius 2 is 1.83 bits per heavy atom. The van der Waals surface area contributed by atoms with Gasteiger partial charge in [-0.05, 0) is 50.7 Å². The third kappa shape index (κ3) is 5.36. The van der Waals surface area contributed by atoms with Crippen molar-refractivity contribution in [1.82, 2.24) is 9.88 Å². The first kappa shape index (κ1) is 21.8. The molecule has 0 N–H and O–H groups in total. The summed E-state index contributed by atoms with van der Waals surface area (Å²) in [7, 11) is 0.0953. The Morgan fingerprint density at radius 3 is 2.48 bits per heavy atom. The molecule has 0 saturated carbocycles. The van der Waals surface area contributed by atoms with E-state index in [1.54, 1.807) is 30.0 Å². The first-order valence-electron chi connectivity index (χ1n) is 8.97. The standard InChI is InChI=1S/C20H23N3O3S3/c1-22(2)11-12-23(19(24)14-29(25,26)16-7-5-4-6-8-16)20-21-17-10-9-15(27-3)13-18(17)28-20/h4-10,13H,11-12,14H2,1-3H3. The number of benzene rings is 2. The summed E-state index contributed by atoms with van der Waals surface area (Å²) in [5.74, 6) is -1.06. The SMILES string of the molecule is CSc1ccc2nc(N(CCN(C)C)C(=O)CS(=O)(=O)c3ccccc3)sc2c1. The summed E-state index contributed by atoms with van der Waals surface area (Å²) >= 11 is 3.04. The first-order valence-corrected chi connectivity index (χ1v) is 12.7. The van der Waals surface area contributed by atoms with Crippen LogP contribution in [-0.2, 0) is 14.6 Å². The number of aromatic nitrogens is 1. The van der Waals surface area contributed by atoms with Gasteiger partial charge in [-0.25, -0.2) is 13.4 Å². The predicted octanol–water partition coefficient (Wildman–Crippen LogP) is 3.39. The number of hydrogen-bond acceptors (Lipinski definition) is 7. The Kier molecular flexibility index (Phi) is 6.94. The van der Waals surface area contributed by atoms with Gasteiger partial charge >= 0.3 is 0 Å². The van der Waals surface area contributed by atoms with Crippen LogP contribution in [0.2, 0.25) is 0 Å².